The molecule has 0 aliphatic heterocycles. The van der Waals surface area contributed by atoms with Crippen LogP contribution >= 0.6 is 0 Å². The summed E-state index contributed by atoms with van der Waals surface area (Å²) in [7, 11) is 0. The molecule has 0 bridgehead atoms. The summed E-state index contributed by atoms with van der Waals surface area (Å²) >= 11 is 0. The maximum Gasteiger partial charge on any atom is 0.418 e. The number of nitrogens with zero attached hydrogens (tertiary/aromatic N) is 1. The number of anilines is 2. The van der Waals surface area contributed by atoms with Crippen molar-refractivity contribution in [2.24, 2.45) is 0 Å². The number of para-hydroxylation sites is 2. The van der Waals surface area contributed by atoms with Crippen LogP contribution in [0.3, 0.4) is 0 Å². The normalized spacial score (nSPS) is 10.2. The van der Waals surface area contributed by atoms with Gasteiger partial charge in [-0.3, -0.25) is 0 Å². The first kappa shape index (κ1) is 15.8. The second-order valence-corrected chi connectivity index (χ2v) is 5.36. The van der Waals surface area contributed by atoms with Crippen molar-refractivity contribution < 1.29 is 9.53 Å². The van der Waals surface area contributed by atoms with Gasteiger partial charge in [0.25, 0.3) is 0 Å². The van der Waals surface area contributed by atoms with Crippen LogP contribution in [0.25, 0.3) is 0 Å². The minimum absolute atomic E-state index is 0.346. The number of benzene rings is 3. The molecule has 0 heterocycles. The van der Waals surface area contributed by atoms with Crippen molar-refractivity contribution in [1.82, 2.24) is 0 Å². The number of hydrogen-bond donors (Lipinski definition) is 0. The predicted octanol–water partition coefficient (Wildman–Crippen LogP) is 5.20. The van der Waals surface area contributed by atoms with Crippen LogP contribution in [0.5, 0.6) is 0 Å². The first-order chi connectivity index (χ1) is 11.8. The van der Waals surface area contributed by atoms with Gasteiger partial charge in [0.15, 0.2) is 0 Å². The van der Waals surface area contributed by atoms with E-state index in [0.29, 0.717) is 13.0 Å². The Labute approximate surface area is 142 Å². The summed E-state index contributed by atoms with van der Waals surface area (Å²) in [5, 5.41) is 0. The van der Waals surface area contributed by atoms with Crippen LogP contribution in [0.4, 0.5) is 16.2 Å². The van der Waals surface area contributed by atoms with E-state index < -0.39 is 0 Å². The van der Waals surface area contributed by atoms with Gasteiger partial charge in [-0.1, -0.05) is 66.7 Å². The van der Waals surface area contributed by atoms with Crippen molar-refractivity contribution in [2.45, 2.75) is 6.42 Å². The third-order valence-electron chi connectivity index (χ3n) is 3.67. The van der Waals surface area contributed by atoms with Gasteiger partial charge in [-0.05, 0) is 29.8 Å². The Bertz CT molecular complexity index is 718. The summed E-state index contributed by atoms with van der Waals surface area (Å²) in [5.74, 6) is 0. The molecule has 0 aromatic heterocycles. The molecule has 0 aliphatic rings. The van der Waals surface area contributed by atoms with Gasteiger partial charge >= 0.3 is 6.09 Å². The number of ether oxygens (including phenoxy) is 1. The van der Waals surface area contributed by atoms with Gasteiger partial charge in [0.1, 0.15) is 0 Å². The minimum Gasteiger partial charge on any atom is -0.449 e. The molecular weight excluding hydrogens is 298 g/mol. The van der Waals surface area contributed by atoms with E-state index in [-0.39, 0.29) is 6.09 Å². The van der Waals surface area contributed by atoms with Crippen LogP contribution in [0.2, 0.25) is 0 Å². The zero-order valence-corrected chi connectivity index (χ0v) is 13.3. The highest BCUT2D eigenvalue weighted by molar-refractivity contribution is 5.95. The standard InChI is InChI=1S/C21H19NO2/c23-21(24-17-16-18-10-4-1-5-11-18)22(19-12-6-2-7-13-19)20-14-8-3-9-15-20/h1-15H,16-17H2. The Morgan fingerprint density at radius 2 is 1.17 bits per heavy atom. The fourth-order valence-corrected chi connectivity index (χ4v) is 2.48. The highest BCUT2D eigenvalue weighted by atomic mass is 16.6. The second-order valence-electron chi connectivity index (χ2n) is 5.36. The van der Waals surface area contributed by atoms with Crippen molar-refractivity contribution in [3.8, 4) is 0 Å². The summed E-state index contributed by atoms with van der Waals surface area (Å²) in [4.78, 5) is 14.2. The number of rotatable bonds is 5. The van der Waals surface area contributed by atoms with E-state index in [1.807, 2.05) is 91.0 Å². The number of amides is 1. The first-order valence-corrected chi connectivity index (χ1v) is 7.95. The molecule has 0 spiro atoms. The van der Waals surface area contributed by atoms with E-state index in [9.17, 15) is 4.79 Å². The largest absolute Gasteiger partial charge is 0.449 e. The Hall–Kier alpha value is -3.07. The lowest BCUT2D eigenvalue weighted by Gasteiger charge is -2.22. The van der Waals surface area contributed by atoms with E-state index in [1.165, 1.54) is 0 Å². The van der Waals surface area contributed by atoms with E-state index in [4.69, 9.17) is 4.74 Å². The molecule has 0 saturated heterocycles. The quantitative estimate of drug-likeness (QED) is 0.647. The fraction of sp³-hybridized carbons (Fsp3) is 0.0952. The Balaban J connectivity index is 1.72. The monoisotopic (exact) mass is 317 g/mol. The van der Waals surface area contributed by atoms with Crippen LogP contribution < -0.4 is 4.90 Å². The summed E-state index contributed by atoms with van der Waals surface area (Å²) in [5.41, 5.74) is 2.72. The highest BCUT2D eigenvalue weighted by Gasteiger charge is 2.18. The molecule has 3 aromatic rings. The molecule has 3 aromatic carbocycles. The molecule has 0 saturated carbocycles. The van der Waals surface area contributed by atoms with Crippen LogP contribution in [0.1, 0.15) is 5.56 Å². The summed E-state index contributed by atoms with van der Waals surface area (Å²) in [6, 6.07) is 29.0. The topological polar surface area (TPSA) is 29.5 Å². The fourth-order valence-electron chi connectivity index (χ4n) is 2.48. The molecule has 0 radical (unpaired) electrons. The van der Waals surface area contributed by atoms with Crippen molar-refractivity contribution in [3.63, 3.8) is 0 Å². The van der Waals surface area contributed by atoms with Crippen molar-refractivity contribution in [3.05, 3.63) is 96.6 Å². The van der Waals surface area contributed by atoms with Gasteiger partial charge in [-0.15, -0.1) is 0 Å². The molecule has 0 fully saturated rings. The van der Waals surface area contributed by atoms with E-state index in [1.54, 1.807) is 4.90 Å². The molecule has 1 amide bonds. The SMILES string of the molecule is O=C(OCCc1ccccc1)N(c1ccccc1)c1ccccc1. The van der Waals surface area contributed by atoms with Gasteiger partial charge < -0.3 is 4.74 Å². The maximum absolute atomic E-state index is 12.6. The van der Waals surface area contributed by atoms with E-state index >= 15 is 0 Å². The molecule has 0 atom stereocenters. The third kappa shape index (κ3) is 4.02. The Kier molecular flexibility index (Phi) is 5.25. The summed E-state index contributed by atoms with van der Waals surface area (Å²) in [6.45, 7) is 0.346. The van der Waals surface area contributed by atoms with Gasteiger partial charge in [0.05, 0.1) is 18.0 Å². The van der Waals surface area contributed by atoms with Gasteiger partial charge in [-0.25, -0.2) is 9.69 Å². The molecule has 0 aliphatic carbocycles. The summed E-state index contributed by atoms with van der Waals surface area (Å²) < 4.78 is 5.50. The average Bonchev–Trinajstić information content (AvgIpc) is 2.65. The average molecular weight is 317 g/mol. The lowest BCUT2D eigenvalue weighted by atomic mass is 10.2. The van der Waals surface area contributed by atoms with Crippen molar-refractivity contribution >= 4 is 17.5 Å². The van der Waals surface area contributed by atoms with Crippen LogP contribution in [0, 0.1) is 0 Å². The molecule has 0 N–H and O–H groups in total. The van der Waals surface area contributed by atoms with E-state index in [0.717, 1.165) is 16.9 Å². The lowest BCUT2D eigenvalue weighted by molar-refractivity contribution is 0.158. The molecule has 24 heavy (non-hydrogen) atoms. The van der Waals surface area contributed by atoms with Crippen LogP contribution in [0.15, 0.2) is 91.0 Å². The molecular formula is C21H19NO2. The van der Waals surface area contributed by atoms with Crippen LogP contribution in [-0.2, 0) is 11.2 Å². The van der Waals surface area contributed by atoms with Crippen molar-refractivity contribution in [2.75, 3.05) is 11.5 Å². The molecule has 3 nitrogen and oxygen atoms in total. The summed E-state index contributed by atoms with van der Waals surface area (Å²) in [6.07, 6.45) is 0.326. The third-order valence-corrected chi connectivity index (χ3v) is 3.67. The highest BCUT2D eigenvalue weighted by Crippen LogP contribution is 2.25. The van der Waals surface area contributed by atoms with Gasteiger partial charge in [0.2, 0.25) is 0 Å². The lowest BCUT2D eigenvalue weighted by Crippen LogP contribution is -2.27. The smallest absolute Gasteiger partial charge is 0.418 e. The molecule has 120 valence electrons. The number of carbonyl (C=O) groups is 1. The van der Waals surface area contributed by atoms with Crippen molar-refractivity contribution in [1.29, 1.82) is 0 Å². The first-order valence-electron chi connectivity index (χ1n) is 7.95. The maximum atomic E-state index is 12.6. The second kappa shape index (κ2) is 7.97. The molecule has 0 unspecified atom stereocenters. The number of carbonyl (C=O) groups excluding carboxylic acids is 1. The Morgan fingerprint density at radius 1 is 0.708 bits per heavy atom. The molecule has 3 rings (SSSR count). The predicted molar refractivity (Wildman–Crippen MR) is 96.5 cm³/mol. The zero-order chi connectivity index (χ0) is 16.6. The Morgan fingerprint density at radius 3 is 1.67 bits per heavy atom. The van der Waals surface area contributed by atoms with Crippen LogP contribution in [-0.4, -0.2) is 12.7 Å². The molecule has 3 heteroatoms. The van der Waals surface area contributed by atoms with Gasteiger partial charge in [-0.2, -0.15) is 0 Å². The van der Waals surface area contributed by atoms with E-state index in [2.05, 4.69) is 0 Å². The minimum atomic E-state index is -0.372. The van der Waals surface area contributed by atoms with Gasteiger partial charge in [0, 0.05) is 6.42 Å². The number of hydrogen-bond acceptors (Lipinski definition) is 2. The zero-order valence-electron chi connectivity index (χ0n) is 13.3.